The Labute approximate surface area is 126 Å². The standard InChI is InChI=1S/C7H13F6NO5S2Si/c1-3-5(4-2,19-22)14(20(15,16)6(8,9)10)21(17,18)7(11,12)13/h3-4H2,1-2,22H3. The maximum absolute atomic E-state index is 12.6. The third-order valence-corrected chi connectivity index (χ3v) is 7.49. The topological polar surface area (TPSA) is 80.8 Å². The van der Waals surface area contributed by atoms with Crippen molar-refractivity contribution in [1.82, 2.24) is 3.71 Å². The molecule has 0 amide bonds. The van der Waals surface area contributed by atoms with E-state index in [1.807, 2.05) is 0 Å². The van der Waals surface area contributed by atoms with E-state index in [1.54, 1.807) is 0 Å². The van der Waals surface area contributed by atoms with Crippen molar-refractivity contribution in [2.75, 3.05) is 0 Å². The molecule has 0 heterocycles. The minimum atomic E-state index is -6.85. The van der Waals surface area contributed by atoms with Gasteiger partial charge in [-0.15, -0.1) is 0 Å². The van der Waals surface area contributed by atoms with Gasteiger partial charge in [-0.3, -0.25) is 0 Å². The number of nitrogens with zero attached hydrogens (tertiary/aromatic N) is 1. The van der Waals surface area contributed by atoms with Gasteiger partial charge in [-0.25, -0.2) is 16.8 Å². The van der Waals surface area contributed by atoms with Crippen LogP contribution in [0.25, 0.3) is 0 Å². The molecule has 134 valence electrons. The molecular formula is C7H13F6NO5S2Si. The van der Waals surface area contributed by atoms with Gasteiger partial charge in [0, 0.05) is 0 Å². The van der Waals surface area contributed by atoms with Crippen LogP contribution in [0.3, 0.4) is 0 Å². The maximum atomic E-state index is 12.6. The van der Waals surface area contributed by atoms with Crippen LogP contribution in [-0.2, 0) is 24.5 Å². The average Bonchev–Trinajstić information content (AvgIpc) is 2.32. The average molecular weight is 397 g/mol. The number of hydrogen-bond donors (Lipinski definition) is 0. The predicted molar refractivity (Wildman–Crippen MR) is 66.1 cm³/mol. The van der Waals surface area contributed by atoms with Gasteiger partial charge in [0.15, 0.2) is 0 Å². The van der Waals surface area contributed by atoms with Gasteiger partial charge >= 0.3 is 31.1 Å². The molecule has 0 atom stereocenters. The van der Waals surface area contributed by atoms with Crippen LogP contribution in [0.2, 0.25) is 0 Å². The number of alkyl halides is 6. The van der Waals surface area contributed by atoms with Gasteiger partial charge in [0.05, 0.1) is 0 Å². The van der Waals surface area contributed by atoms with Gasteiger partial charge in [-0.05, 0) is 16.6 Å². The van der Waals surface area contributed by atoms with E-state index in [9.17, 15) is 43.2 Å². The van der Waals surface area contributed by atoms with Gasteiger partial charge in [0.25, 0.3) is 0 Å². The van der Waals surface area contributed by atoms with Crippen LogP contribution in [0, 0.1) is 0 Å². The van der Waals surface area contributed by atoms with Crippen molar-refractivity contribution < 1.29 is 47.6 Å². The summed E-state index contributed by atoms with van der Waals surface area (Å²) in [4.78, 5) is 0. The zero-order valence-electron chi connectivity index (χ0n) is 11.5. The second-order valence-corrected chi connectivity index (χ2v) is 8.15. The normalized spacial score (nSPS) is 15.5. The lowest BCUT2D eigenvalue weighted by atomic mass is 10.1. The zero-order valence-corrected chi connectivity index (χ0v) is 15.1. The quantitative estimate of drug-likeness (QED) is 0.376. The van der Waals surface area contributed by atoms with Gasteiger partial charge in [-0.1, -0.05) is 13.8 Å². The number of hydrogen-bond acceptors (Lipinski definition) is 5. The minimum absolute atomic E-state index is 0.501. The lowest BCUT2D eigenvalue weighted by Crippen LogP contribution is -2.61. The molecule has 0 aromatic rings. The molecule has 0 rings (SSSR count). The molecule has 0 unspecified atom stereocenters. The van der Waals surface area contributed by atoms with E-state index in [0.717, 1.165) is 13.8 Å². The summed E-state index contributed by atoms with van der Waals surface area (Å²) in [6.45, 7) is 2.01. The number of sulfonamides is 2. The second kappa shape index (κ2) is 6.25. The van der Waals surface area contributed by atoms with Crippen molar-refractivity contribution in [3.8, 4) is 0 Å². The fraction of sp³-hybridized carbons (Fsp3) is 1.00. The van der Waals surface area contributed by atoms with E-state index < -0.39 is 63.8 Å². The van der Waals surface area contributed by atoms with E-state index in [4.69, 9.17) is 0 Å². The largest absolute Gasteiger partial charge is 0.512 e. The minimum Gasteiger partial charge on any atom is -0.409 e. The summed E-state index contributed by atoms with van der Waals surface area (Å²) in [6, 6.07) is 0. The molecule has 0 N–H and O–H groups in total. The first-order valence-corrected chi connectivity index (χ1v) is 9.23. The lowest BCUT2D eigenvalue weighted by molar-refractivity contribution is -0.0738. The van der Waals surface area contributed by atoms with Crippen LogP contribution in [-0.4, -0.2) is 47.8 Å². The smallest absolute Gasteiger partial charge is 0.409 e. The zero-order chi connectivity index (χ0) is 18.2. The van der Waals surface area contributed by atoms with Crippen molar-refractivity contribution in [3.63, 3.8) is 0 Å². The maximum Gasteiger partial charge on any atom is 0.512 e. The Morgan fingerprint density at radius 2 is 1.14 bits per heavy atom. The van der Waals surface area contributed by atoms with Crippen molar-refractivity contribution in [1.29, 1.82) is 0 Å². The van der Waals surface area contributed by atoms with E-state index in [0.29, 0.717) is 0 Å². The third kappa shape index (κ3) is 3.42. The summed E-state index contributed by atoms with van der Waals surface area (Å²) >= 11 is 0. The van der Waals surface area contributed by atoms with Crippen LogP contribution < -0.4 is 0 Å². The monoisotopic (exact) mass is 397 g/mol. The molecule has 22 heavy (non-hydrogen) atoms. The molecule has 0 aromatic carbocycles. The summed E-state index contributed by atoms with van der Waals surface area (Å²) in [5.41, 5.74) is -15.3. The van der Waals surface area contributed by atoms with Gasteiger partial charge in [0.1, 0.15) is 16.2 Å². The molecule has 0 saturated heterocycles. The first-order valence-electron chi connectivity index (χ1n) is 5.53. The highest BCUT2D eigenvalue weighted by Gasteiger charge is 2.67. The van der Waals surface area contributed by atoms with Crippen molar-refractivity contribution in [2.45, 2.75) is 43.4 Å². The van der Waals surface area contributed by atoms with Crippen LogP contribution >= 0.6 is 0 Å². The number of halogens is 6. The van der Waals surface area contributed by atoms with Crippen LogP contribution in [0.1, 0.15) is 26.7 Å². The first kappa shape index (κ1) is 21.6. The molecule has 6 nitrogen and oxygen atoms in total. The van der Waals surface area contributed by atoms with E-state index >= 15 is 0 Å². The summed E-state index contributed by atoms with van der Waals surface area (Å²) in [5, 5.41) is 0. The van der Waals surface area contributed by atoms with Gasteiger partial charge in [0.2, 0.25) is 0 Å². The number of rotatable bonds is 6. The molecule has 0 fully saturated rings. The Morgan fingerprint density at radius 1 is 0.864 bits per heavy atom. The fourth-order valence-corrected chi connectivity index (χ4v) is 6.11. The Balaban J connectivity index is 6.80. The summed E-state index contributed by atoms with van der Waals surface area (Å²) in [7, 11) is -14.2. The van der Waals surface area contributed by atoms with E-state index in [2.05, 4.69) is 4.43 Å². The lowest BCUT2D eigenvalue weighted by Gasteiger charge is -2.40. The second-order valence-electron chi connectivity index (χ2n) is 3.96. The first-order chi connectivity index (χ1) is 9.55. The third-order valence-electron chi connectivity index (χ3n) is 2.84. The Hall–Kier alpha value is -0.383. The Bertz CT molecular complexity index is 542. The van der Waals surface area contributed by atoms with Crippen molar-refractivity contribution >= 4 is 30.5 Å². The molecular weight excluding hydrogens is 384 g/mol. The predicted octanol–water partition coefficient (Wildman–Crippen LogP) is 0.801. The molecule has 15 heteroatoms. The summed E-state index contributed by atoms with van der Waals surface area (Å²) in [5.74, 6) is 0. The fourth-order valence-electron chi connectivity index (χ4n) is 1.63. The summed E-state index contributed by atoms with van der Waals surface area (Å²) in [6.07, 6.45) is -1.48. The molecule has 0 bridgehead atoms. The Morgan fingerprint density at radius 3 is 1.27 bits per heavy atom. The van der Waals surface area contributed by atoms with E-state index in [1.165, 1.54) is 0 Å². The van der Waals surface area contributed by atoms with Crippen LogP contribution in [0.15, 0.2) is 0 Å². The highest BCUT2D eigenvalue weighted by molar-refractivity contribution is 8.04. The SMILES string of the molecule is CCC(CC)(O[SiH3])N(S(=O)(=O)C(F)(F)F)S(=O)(=O)C(F)(F)F. The molecule has 0 aromatic heterocycles. The molecule has 0 saturated carbocycles. The van der Waals surface area contributed by atoms with Crippen molar-refractivity contribution in [2.24, 2.45) is 0 Å². The molecule has 0 aliphatic heterocycles. The van der Waals surface area contributed by atoms with Gasteiger partial charge < -0.3 is 4.43 Å². The van der Waals surface area contributed by atoms with Gasteiger partial charge in [-0.2, -0.15) is 26.3 Å². The highest BCUT2D eigenvalue weighted by Crippen LogP contribution is 2.42. The molecule has 0 spiro atoms. The van der Waals surface area contributed by atoms with E-state index in [-0.39, 0.29) is 0 Å². The summed E-state index contributed by atoms with van der Waals surface area (Å²) < 4.78 is 124. The van der Waals surface area contributed by atoms with Crippen LogP contribution in [0.4, 0.5) is 26.3 Å². The highest BCUT2D eigenvalue weighted by atomic mass is 32.3. The van der Waals surface area contributed by atoms with Crippen LogP contribution in [0.5, 0.6) is 0 Å². The Kier molecular flexibility index (Phi) is 6.15. The molecule has 0 aliphatic rings. The van der Waals surface area contributed by atoms with Crippen molar-refractivity contribution in [3.05, 3.63) is 0 Å². The molecule has 0 aliphatic carbocycles. The molecule has 0 radical (unpaired) electrons.